The Labute approximate surface area is 259 Å². The van der Waals surface area contributed by atoms with Crippen LogP contribution in [0.1, 0.15) is 18.3 Å². The molecule has 11 nitrogen and oxygen atoms in total. The van der Waals surface area contributed by atoms with E-state index in [0.717, 1.165) is 11.1 Å². The third-order valence-corrected chi connectivity index (χ3v) is 7.74. The van der Waals surface area contributed by atoms with Gasteiger partial charge < -0.3 is 30.2 Å². The highest BCUT2D eigenvalue weighted by molar-refractivity contribution is 6.39. The van der Waals surface area contributed by atoms with Crippen LogP contribution in [0.15, 0.2) is 48.8 Å². The van der Waals surface area contributed by atoms with Gasteiger partial charge in [-0.1, -0.05) is 59.6 Å². The van der Waals surface area contributed by atoms with Gasteiger partial charge in [0.25, 0.3) is 0 Å². The number of carbonyl (C=O) groups is 1. The summed E-state index contributed by atoms with van der Waals surface area (Å²) in [5, 5.41) is 10.1. The molecule has 5 rings (SSSR count). The summed E-state index contributed by atoms with van der Waals surface area (Å²) in [5.74, 6) is 0.783. The number of rotatable bonds is 11. The van der Waals surface area contributed by atoms with Gasteiger partial charge in [0, 0.05) is 41.9 Å². The summed E-state index contributed by atoms with van der Waals surface area (Å²) in [5.41, 5.74) is 4.73. The predicted molar refractivity (Wildman–Crippen MR) is 164 cm³/mol. The smallest absolute Gasteiger partial charge is 0.407 e. The van der Waals surface area contributed by atoms with Crippen molar-refractivity contribution in [3.05, 3.63) is 70.2 Å². The van der Waals surface area contributed by atoms with Crippen LogP contribution in [0.5, 0.6) is 11.8 Å². The van der Waals surface area contributed by atoms with E-state index in [4.69, 9.17) is 42.4 Å². The lowest BCUT2D eigenvalue weighted by atomic mass is 9.98. The molecule has 1 saturated heterocycles. The quantitative estimate of drug-likeness (QED) is 0.212. The van der Waals surface area contributed by atoms with E-state index in [9.17, 15) is 4.79 Å². The van der Waals surface area contributed by atoms with Crippen LogP contribution in [0, 0.1) is 0 Å². The largest absolute Gasteiger partial charge is 0.480 e. The van der Waals surface area contributed by atoms with E-state index >= 15 is 0 Å². The Morgan fingerprint density at radius 3 is 1.86 bits per heavy atom. The fourth-order valence-electron chi connectivity index (χ4n) is 4.76. The van der Waals surface area contributed by atoms with Crippen molar-refractivity contribution in [2.24, 2.45) is 0 Å². The van der Waals surface area contributed by atoms with Gasteiger partial charge in [-0.05, 0) is 14.0 Å². The van der Waals surface area contributed by atoms with E-state index < -0.39 is 11.6 Å². The second kappa shape index (κ2) is 13.1. The molecule has 0 saturated carbocycles. The van der Waals surface area contributed by atoms with Gasteiger partial charge in [-0.3, -0.25) is 9.97 Å². The zero-order chi connectivity index (χ0) is 30.6. The van der Waals surface area contributed by atoms with Gasteiger partial charge in [0.05, 0.1) is 53.6 Å². The molecule has 224 valence electrons. The van der Waals surface area contributed by atoms with Gasteiger partial charge in [0.15, 0.2) is 0 Å². The summed E-state index contributed by atoms with van der Waals surface area (Å²) in [7, 11) is 4.93. The predicted octanol–water partition coefficient (Wildman–Crippen LogP) is 4.90. The normalized spacial score (nSPS) is 16.1. The van der Waals surface area contributed by atoms with Crippen molar-refractivity contribution in [2.75, 3.05) is 34.4 Å². The van der Waals surface area contributed by atoms with Crippen molar-refractivity contribution in [2.45, 2.75) is 25.6 Å². The summed E-state index contributed by atoms with van der Waals surface area (Å²) in [4.78, 5) is 29.9. The minimum absolute atomic E-state index is 0.285. The molecule has 13 heteroatoms. The zero-order valence-corrected chi connectivity index (χ0v) is 25.6. The average Bonchev–Trinajstić information content (AvgIpc) is 3.36. The first-order chi connectivity index (χ1) is 20.8. The molecule has 1 unspecified atom stereocenters. The number of benzene rings is 2. The highest BCUT2D eigenvalue weighted by atomic mass is 35.5. The number of carbonyl (C=O) groups excluding carboxylic acids is 1. The molecule has 3 N–H and O–H groups in total. The first-order valence-corrected chi connectivity index (χ1v) is 14.2. The van der Waals surface area contributed by atoms with Gasteiger partial charge in [-0.25, -0.2) is 14.8 Å². The first kappa shape index (κ1) is 30.4. The number of cyclic esters (lactones) is 1. The van der Waals surface area contributed by atoms with Crippen molar-refractivity contribution >= 4 is 29.3 Å². The molecule has 2 aromatic heterocycles. The second-order valence-corrected chi connectivity index (χ2v) is 10.9. The van der Waals surface area contributed by atoms with Crippen LogP contribution in [0.4, 0.5) is 4.79 Å². The molecule has 43 heavy (non-hydrogen) atoms. The summed E-state index contributed by atoms with van der Waals surface area (Å²) < 4.78 is 16.0. The van der Waals surface area contributed by atoms with E-state index in [0.29, 0.717) is 75.3 Å². The molecule has 1 aliphatic rings. The maximum atomic E-state index is 11.4. The van der Waals surface area contributed by atoms with Crippen LogP contribution in [-0.2, 0) is 17.8 Å². The van der Waals surface area contributed by atoms with E-state index in [-0.39, 0.29) is 6.61 Å². The van der Waals surface area contributed by atoms with Crippen LogP contribution >= 0.6 is 23.2 Å². The molecule has 0 aliphatic carbocycles. The number of alkyl carbamates (subject to hydrolysis) is 1. The third-order valence-electron chi connectivity index (χ3n) is 6.93. The summed E-state index contributed by atoms with van der Waals surface area (Å²) in [6, 6.07) is 11.3. The molecular formula is C30H31Cl2N7O4. The third kappa shape index (κ3) is 6.50. The van der Waals surface area contributed by atoms with Gasteiger partial charge in [-0.15, -0.1) is 0 Å². The molecular weight excluding hydrogens is 593 g/mol. The number of hydrogen-bond acceptors (Lipinski definition) is 10. The van der Waals surface area contributed by atoms with E-state index in [1.165, 1.54) is 7.11 Å². The topological polar surface area (TPSA) is 132 Å². The van der Waals surface area contributed by atoms with Crippen molar-refractivity contribution in [1.82, 2.24) is 35.9 Å². The summed E-state index contributed by atoms with van der Waals surface area (Å²) in [6.45, 7) is 3.57. The second-order valence-electron chi connectivity index (χ2n) is 10.2. The number of amides is 1. The maximum absolute atomic E-state index is 11.4. The molecule has 3 heterocycles. The Hall–Kier alpha value is -4.03. The maximum Gasteiger partial charge on any atom is 0.407 e. The molecule has 4 aromatic rings. The van der Waals surface area contributed by atoms with Crippen molar-refractivity contribution in [1.29, 1.82) is 0 Å². The number of ether oxygens (including phenoxy) is 3. The lowest BCUT2D eigenvalue weighted by Crippen LogP contribution is -2.48. The minimum Gasteiger partial charge on any atom is -0.480 e. The monoisotopic (exact) mass is 623 g/mol. The Balaban J connectivity index is 1.42. The lowest BCUT2D eigenvalue weighted by Gasteiger charge is -2.21. The Kier molecular flexibility index (Phi) is 9.26. The zero-order valence-electron chi connectivity index (χ0n) is 24.1. The highest BCUT2D eigenvalue weighted by Crippen LogP contribution is 2.42. The average molecular weight is 625 g/mol. The first-order valence-electron chi connectivity index (χ1n) is 13.4. The molecule has 2 aromatic carbocycles. The molecule has 1 aliphatic heterocycles. The molecule has 0 spiro atoms. The number of hydrogen-bond donors (Lipinski definition) is 3. The molecule has 0 radical (unpaired) electrons. The molecule has 1 atom stereocenters. The van der Waals surface area contributed by atoms with Gasteiger partial charge in [-0.2, -0.15) is 0 Å². The SMILES string of the molecule is CNCc1ncc(-c2cccc(-c3cccc(-c4cnc(CNCC5(C)COC(=O)N5)c(OC)n4)c3Cl)c2Cl)nc1OC. The van der Waals surface area contributed by atoms with Crippen LogP contribution < -0.4 is 25.4 Å². The van der Waals surface area contributed by atoms with E-state index in [2.05, 4.69) is 30.9 Å². The fourth-order valence-corrected chi connectivity index (χ4v) is 5.41. The number of halogens is 2. The molecule has 1 fully saturated rings. The highest BCUT2D eigenvalue weighted by Gasteiger charge is 2.34. The van der Waals surface area contributed by atoms with Crippen molar-refractivity contribution in [3.8, 4) is 45.4 Å². The van der Waals surface area contributed by atoms with Crippen LogP contribution in [0.3, 0.4) is 0 Å². The Bertz CT molecular complexity index is 1660. The van der Waals surface area contributed by atoms with Gasteiger partial charge >= 0.3 is 6.09 Å². The Morgan fingerprint density at radius 1 is 0.884 bits per heavy atom. The van der Waals surface area contributed by atoms with Crippen LogP contribution in [0.25, 0.3) is 33.6 Å². The van der Waals surface area contributed by atoms with Crippen molar-refractivity contribution in [3.63, 3.8) is 0 Å². The molecule has 1 amide bonds. The number of nitrogens with zero attached hydrogens (tertiary/aromatic N) is 4. The standard InChI is InChI=1S/C30H31Cl2N7O4/c1-30(16-43-29(40)39-30)15-34-12-24-28(42-4)38-22(14-36-24)20-10-6-8-18(26(20)32)17-7-5-9-19(25(17)31)21-13-35-23(11-33-2)27(37-21)41-3/h5-10,13-14,33-34H,11-12,15-16H2,1-4H3,(H,39,40). The summed E-state index contributed by atoms with van der Waals surface area (Å²) >= 11 is 14.0. The van der Waals surface area contributed by atoms with Gasteiger partial charge in [0.2, 0.25) is 11.8 Å². The molecule has 0 bridgehead atoms. The number of nitrogens with one attached hydrogen (secondary N) is 3. The lowest BCUT2D eigenvalue weighted by molar-refractivity contribution is 0.173. The minimum atomic E-state index is -0.501. The van der Waals surface area contributed by atoms with E-state index in [1.807, 2.05) is 50.4 Å². The number of methoxy groups -OCH3 is 2. The number of aromatic nitrogens is 4. The van der Waals surface area contributed by atoms with E-state index in [1.54, 1.807) is 19.5 Å². The van der Waals surface area contributed by atoms with Crippen LogP contribution in [0.2, 0.25) is 10.0 Å². The summed E-state index contributed by atoms with van der Waals surface area (Å²) in [6.07, 6.45) is 2.90. The van der Waals surface area contributed by atoms with Crippen LogP contribution in [-0.4, -0.2) is 66.0 Å². The fraction of sp³-hybridized carbons (Fsp3) is 0.300. The van der Waals surface area contributed by atoms with Crippen molar-refractivity contribution < 1.29 is 19.0 Å². The van der Waals surface area contributed by atoms with Gasteiger partial charge in [0.1, 0.15) is 18.0 Å². The Morgan fingerprint density at radius 2 is 1.40 bits per heavy atom.